The molecule has 1 aliphatic rings. The first-order valence-corrected chi connectivity index (χ1v) is 1.30. The summed E-state index contributed by atoms with van der Waals surface area (Å²) in [6, 6.07) is 0. The molecule has 0 aromatic rings. The zero-order chi connectivity index (χ0) is 7.07. The molecule has 28 valence electrons. The molecule has 0 atom stereocenters. The second-order valence-corrected chi connectivity index (χ2v) is 0.660. The van der Waals surface area contributed by atoms with E-state index in [0.717, 1.165) is 6.08 Å². The van der Waals surface area contributed by atoms with Crippen LogP contribution in [0.15, 0.2) is 12.3 Å². The van der Waals surface area contributed by atoms with Gasteiger partial charge in [0.25, 0.3) is 0 Å². The van der Waals surface area contributed by atoms with Crippen LogP contribution in [0.4, 0.5) is 0 Å². The number of hydrogen-bond donors (Lipinski definition) is 2. The van der Waals surface area contributed by atoms with Crippen molar-refractivity contribution in [3.8, 4) is 0 Å². The minimum absolute atomic E-state index is 0.438. The number of hydrazine groups is 1. The van der Waals surface area contributed by atoms with Crippen molar-refractivity contribution < 1.29 is 5.57 Å². The van der Waals surface area contributed by atoms with E-state index in [-0.39, 0.29) is 0 Å². The Balaban J connectivity index is 2.74. The van der Waals surface area contributed by atoms with Crippen LogP contribution in [0.1, 0.15) is 2.74 Å². The van der Waals surface area contributed by atoms with Crippen LogP contribution < -0.4 is 10.8 Å². The minimum atomic E-state index is -1.82. The average molecular weight is 74.1 g/mol. The molecule has 0 aromatic carbocycles. The number of nitrogens with one attached hydrogen (secondary N) is 2. The maximum absolute atomic E-state index is 6.98. The molecule has 2 N–H and O–H groups in total. The molecule has 2 nitrogen and oxygen atoms in total. The Bertz CT molecular complexity index is 145. The van der Waals surface area contributed by atoms with Gasteiger partial charge < -0.3 is 5.42 Å². The Morgan fingerprint density at radius 2 is 3.20 bits per heavy atom. The smallest absolute Gasteiger partial charge is 0.181 e. The van der Waals surface area contributed by atoms with Crippen LogP contribution in [0.5, 0.6) is 0 Å². The van der Waals surface area contributed by atoms with Crippen LogP contribution in [-0.2, 0) is 0 Å². The Morgan fingerprint density at radius 3 is 3.40 bits per heavy atom. The Hall–Kier alpha value is -0.500. The van der Waals surface area contributed by atoms with Crippen molar-refractivity contribution in [1.82, 2.24) is 10.8 Å². The van der Waals surface area contributed by atoms with Crippen molar-refractivity contribution in [1.29, 1.82) is 0 Å². The average Bonchev–Trinajstić information content (AvgIpc) is 1.97. The van der Waals surface area contributed by atoms with Gasteiger partial charge in [-0.05, 0) is 0 Å². The van der Waals surface area contributed by atoms with E-state index < -0.39 is 6.50 Å². The first-order valence-electron chi connectivity index (χ1n) is 3.20. The van der Waals surface area contributed by atoms with Crippen LogP contribution in [0, 0.1) is 0 Å². The highest BCUT2D eigenvalue weighted by molar-refractivity contribution is 4.85. The highest BCUT2D eigenvalue weighted by atomic mass is 15.4. The zero-order valence-corrected chi connectivity index (χ0v) is 2.55. The fourth-order valence-corrected chi connectivity index (χ4v) is 0.167. The summed E-state index contributed by atoms with van der Waals surface area (Å²) in [5.74, 6) is 0. The summed E-state index contributed by atoms with van der Waals surface area (Å²) >= 11 is 0. The van der Waals surface area contributed by atoms with Crippen molar-refractivity contribution >= 4 is 0 Å². The van der Waals surface area contributed by atoms with Crippen LogP contribution in [-0.4, -0.2) is 6.50 Å². The van der Waals surface area contributed by atoms with Gasteiger partial charge in [0.1, 0.15) is 1.41 Å². The van der Waals surface area contributed by atoms with Gasteiger partial charge in [-0.15, -0.1) is 0 Å². The van der Waals surface area contributed by atoms with Crippen LogP contribution in [0.2, 0.25) is 2.82 Å². The summed E-state index contributed by atoms with van der Waals surface area (Å²) in [7, 11) is 0. The molecule has 0 aliphatic carbocycles. The van der Waals surface area contributed by atoms with Crippen molar-refractivity contribution in [3.63, 3.8) is 0 Å². The molecule has 1 aliphatic heterocycles. The maximum atomic E-state index is 6.98. The van der Waals surface area contributed by atoms with E-state index in [9.17, 15) is 0 Å². The molecule has 0 aromatic heterocycles. The lowest BCUT2D eigenvalue weighted by Crippen LogP contribution is -2.19. The molecule has 0 unspecified atom stereocenters. The Labute approximate surface area is 36.6 Å². The third-order valence-corrected chi connectivity index (χ3v) is 0.331. The lowest BCUT2D eigenvalue weighted by molar-refractivity contribution is 0.727. The standard InChI is InChI=1S/C3H6N2/c1-2-4-5-3-1/h1-2,4-5H,3H2/i3D2/hD2. The van der Waals surface area contributed by atoms with Gasteiger partial charge in [0.15, 0.2) is 1.41 Å². The molecule has 0 radical (unpaired) electrons. The topological polar surface area (TPSA) is 24.1 Å². The summed E-state index contributed by atoms with van der Waals surface area (Å²) < 4.78 is 27.7. The van der Waals surface area contributed by atoms with Crippen molar-refractivity contribution in [3.05, 3.63) is 12.3 Å². The predicted molar refractivity (Wildman–Crippen MR) is 20.3 cm³/mol. The van der Waals surface area contributed by atoms with E-state index >= 15 is 0 Å². The molecule has 0 amide bonds. The molecular formula is C3H6N2. The van der Waals surface area contributed by atoms with Gasteiger partial charge in [0.2, 0.25) is 0 Å². The second-order valence-electron chi connectivity index (χ2n) is 0.660. The highest BCUT2D eigenvalue weighted by Gasteiger charge is 1.78. The second kappa shape index (κ2) is 1.08. The molecule has 1 rings (SSSR count). The summed E-state index contributed by atoms with van der Waals surface area (Å²) in [4.78, 5) is 0. The van der Waals surface area contributed by atoms with Crippen molar-refractivity contribution in [2.45, 2.75) is 0 Å². The third kappa shape index (κ3) is 0.389. The normalized spacial score (nSPS) is 46.8. The minimum Gasteiger partial charge on any atom is -0.329 e. The SMILES string of the molecule is [2H]N1C=CC([2H])([2H])N1[2H]. The van der Waals surface area contributed by atoms with Gasteiger partial charge in [-0.2, -0.15) is 0 Å². The summed E-state index contributed by atoms with van der Waals surface area (Å²) in [6.07, 6.45) is 2.33. The van der Waals surface area contributed by atoms with Gasteiger partial charge in [-0.3, -0.25) is 0 Å². The molecule has 0 bridgehead atoms. The van der Waals surface area contributed by atoms with E-state index in [1.165, 1.54) is 6.20 Å². The highest BCUT2D eigenvalue weighted by Crippen LogP contribution is 1.67. The molecular weight excluding hydrogens is 64.0 g/mol. The van der Waals surface area contributed by atoms with Gasteiger partial charge in [0, 0.05) is 15.4 Å². The summed E-state index contributed by atoms with van der Waals surface area (Å²) in [5, 5.41) is 0. The first kappa shape index (κ1) is 0.763. The van der Waals surface area contributed by atoms with Crippen LogP contribution in [0.25, 0.3) is 0 Å². The van der Waals surface area contributed by atoms with E-state index in [4.69, 9.17) is 5.57 Å². The third-order valence-electron chi connectivity index (χ3n) is 0.331. The summed E-state index contributed by atoms with van der Waals surface area (Å²) in [6.45, 7) is -1.82. The first-order chi connectivity index (χ1) is 4.04. The molecule has 0 fully saturated rings. The maximum Gasteiger partial charge on any atom is 0.181 e. The zero-order valence-electron chi connectivity index (χ0n) is 6.55. The van der Waals surface area contributed by atoms with E-state index in [1.54, 1.807) is 0 Å². The quantitative estimate of drug-likeness (QED) is 0.409. The monoisotopic (exact) mass is 74.1 g/mol. The lowest BCUT2D eigenvalue weighted by Gasteiger charge is -1.83. The van der Waals surface area contributed by atoms with Gasteiger partial charge in [-0.25, -0.2) is 5.42 Å². The number of rotatable bonds is 0. The molecule has 1 heterocycles. The Kier molecular flexibility index (Phi) is 0.165. The van der Waals surface area contributed by atoms with Gasteiger partial charge in [-0.1, -0.05) is 6.08 Å². The van der Waals surface area contributed by atoms with Gasteiger partial charge in [0.05, 0.1) is 0 Å². The van der Waals surface area contributed by atoms with Crippen molar-refractivity contribution in [2.75, 3.05) is 6.50 Å². The molecule has 0 spiro atoms. The fourth-order valence-electron chi connectivity index (χ4n) is 0.167. The van der Waals surface area contributed by atoms with Crippen LogP contribution in [0.3, 0.4) is 0 Å². The van der Waals surface area contributed by atoms with E-state index in [1.807, 2.05) is 0 Å². The summed E-state index contributed by atoms with van der Waals surface area (Å²) in [5.41, 5.74) is 1.06. The van der Waals surface area contributed by atoms with E-state index in [0.29, 0.717) is 10.8 Å². The van der Waals surface area contributed by atoms with Gasteiger partial charge >= 0.3 is 0 Å². The molecule has 0 saturated heterocycles. The largest absolute Gasteiger partial charge is 0.329 e. The molecule has 5 heavy (non-hydrogen) atoms. The molecule has 0 saturated carbocycles. The lowest BCUT2D eigenvalue weighted by atomic mass is 10.7. The van der Waals surface area contributed by atoms with E-state index in [2.05, 4.69) is 0 Å². The Morgan fingerprint density at radius 1 is 2.20 bits per heavy atom. The van der Waals surface area contributed by atoms with Crippen LogP contribution >= 0.6 is 0 Å². The fraction of sp³-hybridized carbons (Fsp3) is 0.333. The predicted octanol–water partition coefficient (Wildman–Crippen LogP) is -0.392. The number of hydrogen-bond acceptors (Lipinski definition) is 2. The molecule has 2 heteroatoms. The van der Waals surface area contributed by atoms with Crippen molar-refractivity contribution in [2.24, 2.45) is 0 Å².